The van der Waals surface area contributed by atoms with Gasteiger partial charge in [0, 0.05) is 36.9 Å². The van der Waals surface area contributed by atoms with Crippen LogP contribution in [0.5, 0.6) is 0 Å². The predicted molar refractivity (Wildman–Crippen MR) is 128 cm³/mol. The molecule has 1 amide bonds. The third-order valence-corrected chi connectivity index (χ3v) is 6.56. The monoisotopic (exact) mass is 446 g/mol. The molecule has 0 saturated carbocycles. The maximum Gasteiger partial charge on any atom is 0.255 e. The standard InChI is InChI=1S/C26H25FN4O2.H2/c1-17-6-7-18(15-22(17)24(32)30-20-10-8-19(27)9-11-20)21-5-4-13-31-23(21)16-29-25(31,2)26(3)28-12-14-33-26;/h4-16,28-29H,1-3H3,(H,30,32);1H. The van der Waals surface area contributed by atoms with Crippen molar-refractivity contribution in [3.8, 4) is 0 Å². The molecule has 0 bridgehead atoms. The lowest BCUT2D eigenvalue weighted by molar-refractivity contribution is -0.0783. The number of carbonyl (C=O) groups excluding carboxylic acids is 1. The number of nitrogens with one attached hydrogen (secondary N) is 3. The molecule has 0 fully saturated rings. The van der Waals surface area contributed by atoms with E-state index in [0.717, 1.165) is 22.4 Å². The van der Waals surface area contributed by atoms with E-state index < -0.39 is 11.4 Å². The van der Waals surface area contributed by atoms with Crippen molar-refractivity contribution in [2.75, 3.05) is 5.32 Å². The summed E-state index contributed by atoms with van der Waals surface area (Å²) in [6.45, 7) is 5.96. The second-order valence-electron chi connectivity index (χ2n) is 8.63. The second-order valence-corrected chi connectivity index (χ2v) is 8.63. The van der Waals surface area contributed by atoms with Gasteiger partial charge in [0.05, 0.1) is 5.70 Å². The van der Waals surface area contributed by atoms with Crippen LogP contribution in [0.15, 0.2) is 85.2 Å². The number of amides is 1. The van der Waals surface area contributed by atoms with Gasteiger partial charge < -0.3 is 25.6 Å². The summed E-state index contributed by atoms with van der Waals surface area (Å²) >= 11 is 0. The summed E-state index contributed by atoms with van der Waals surface area (Å²) in [5, 5.41) is 9.62. The average molecular weight is 447 g/mol. The van der Waals surface area contributed by atoms with E-state index >= 15 is 0 Å². The minimum Gasteiger partial charge on any atom is -0.470 e. The Balaban J connectivity index is 0.00000274. The molecule has 0 saturated heterocycles. The van der Waals surface area contributed by atoms with Crippen LogP contribution < -0.4 is 16.0 Å². The van der Waals surface area contributed by atoms with Crippen LogP contribution in [0.1, 0.15) is 36.8 Å². The van der Waals surface area contributed by atoms with E-state index in [1.54, 1.807) is 24.6 Å². The lowest BCUT2D eigenvalue weighted by atomic mass is 9.93. The molecule has 3 N–H and O–H groups in total. The van der Waals surface area contributed by atoms with E-state index in [4.69, 9.17) is 4.74 Å². The molecule has 3 aliphatic rings. The largest absolute Gasteiger partial charge is 0.470 e. The van der Waals surface area contributed by atoms with Gasteiger partial charge in [0.25, 0.3) is 5.91 Å². The summed E-state index contributed by atoms with van der Waals surface area (Å²) < 4.78 is 19.1. The van der Waals surface area contributed by atoms with Gasteiger partial charge in [0.2, 0.25) is 5.72 Å². The van der Waals surface area contributed by atoms with Crippen molar-refractivity contribution < 1.29 is 15.3 Å². The molecule has 7 heteroatoms. The summed E-state index contributed by atoms with van der Waals surface area (Å²) in [4.78, 5) is 15.1. The molecule has 2 aromatic rings. The second kappa shape index (κ2) is 7.55. The Morgan fingerprint density at radius 2 is 1.94 bits per heavy atom. The topological polar surface area (TPSA) is 65.6 Å². The minimum atomic E-state index is -0.675. The van der Waals surface area contributed by atoms with Crippen molar-refractivity contribution >= 4 is 17.2 Å². The molecule has 6 nitrogen and oxygen atoms in total. The highest BCUT2D eigenvalue weighted by Gasteiger charge is 2.54. The first-order valence-corrected chi connectivity index (χ1v) is 10.8. The van der Waals surface area contributed by atoms with Gasteiger partial charge in [-0.05, 0) is 68.3 Å². The van der Waals surface area contributed by atoms with Crippen molar-refractivity contribution in [1.29, 1.82) is 0 Å². The number of aryl methyl sites for hydroxylation is 1. The number of carbonyl (C=O) groups is 1. The highest BCUT2D eigenvalue weighted by Crippen LogP contribution is 2.42. The zero-order chi connectivity index (χ0) is 23.2. The van der Waals surface area contributed by atoms with Crippen LogP contribution in [0.3, 0.4) is 0 Å². The minimum absolute atomic E-state index is 0. The summed E-state index contributed by atoms with van der Waals surface area (Å²) in [5.74, 6) is -0.586. The number of ether oxygens (including phenoxy) is 1. The zero-order valence-corrected chi connectivity index (χ0v) is 18.6. The van der Waals surface area contributed by atoms with Gasteiger partial charge in [-0.1, -0.05) is 18.2 Å². The Labute approximate surface area is 193 Å². The van der Waals surface area contributed by atoms with Gasteiger partial charge in [-0.2, -0.15) is 0 Å². The van der Waals surface area contributed by atoms with Crippen LogP contribution in [0, 0.1) is 12.7 Å². The molecule has 3 heterocycles. The molecule has 2 unspecified atom stereocenters. The highest BCUT2D eigenvalue weighted by atomic mass is 19.1. The van der Waals surface area contributed by atoms with Crippen LogP contribution in [0.25, 0.3) is 5.57 Å². The predicted octanol–water partition coefficient (Wildman–Crippen LogP) is 4.81. The van der Waals surface area contributed by atoms with Crippen LogP contribution in [0.4, 0.5) is 10.1 Å². The summed E-state index contributed by atoms with van der Waals surface area (Å²) in [6.07, 6.45) is 11.5. The van der Waals surface area contributed by atoms with Crippen LogP contribution in [-0.4, -0.2) is 22.2 Å². The third kappa shape index (κ3) is 3.36. The van der Waals surface area contributed by atoms with E-state index in [1.165, 1.54) is 12.1 Å². The molecule has 3 aliphatic heterocycles. The summed E-state index contributed by atoms with van der Waals surface area (Å²) in [5.41, 5.74) is 3.59. The van der Waals surface area contributed by atoms with E-state index in [0.29, 0.717) is 11.3 Å². The Bertz CT molecular complexity index is 1240. The van der Waals surface area contributed by atoms with Gasteiger partial charge in [0.15, 0.2) is 5.66 Å². The fraction of sp³-hybridized carbons (Fsp3) is 0.192. The molecular formula is C26H27FN4O2. The molecule has 5 rings (SSSR count). The number of hydrogen-bond donors (Lipinski definition) is 3. The quantitative estimate of drug-likeness (QED) is 0.629. The van der Waals surface area contributed by atoms with Gasteiger partial charge in [-0.3, -0.25) is 4.79 Å². The molecule has 0 radical (unpaired) electrons. The van der Waals surface area contributed by atoms with Crippen molar-refractivity contribution in [3.63, 3.8) is 0 Å². The van der Waals surface area contributed by atoms with Crippen LogP contribution in [0.2, 0.25) is 0 Å². The van der Waals surface area contributed by atoms with Crippen LogP contribution >= 0.6 is 0 Å². The summed E-state index contributed by atoms with van der Waals surface area (Å²) in [7, 11) is 0. The fourth-order valence-corrected chi connectivity index (χ4v) is 4.37. The molecule has 0 aliphatic carbocycles. The van der Waals surface area contributed by atoms with Gasteiger partial charge in [0.1, 0.15) is 12.1 Å². The fourth-order valence-electron chi connectivity index (χ4n) is 4.37. The zero-order valence-electron chi connectivity index (χ0n) is 18.6. The maximum atomic E-state index is 13.2. The third-order valence-electron chi connectivity index (χ3n) is 6.56. The lowest BCUT2D eigenvalue weighted by Gasteiger charge is -2.47. The molecular weight excluding hydrogens is 419 g/mol. The number of halogens is 1. The Morgan fingerprint density at radius 1 is 1.15 bits per heavy atom. The van der Waals surface area contributed by atoms with E-state index in [1.807, 2.05) is 56.6 Å². The Morgan fingerprint density at radius 3 is 2.67 bits per heavy atom. The van der Waals surface area contributed by atoms with Crippen molar-refractivity contribution in [3.05, 3.63) is 108 Å². The van der Waals surface area contributed by atoms with Crippen molar-refractivity contribution in [2.24, 2.45) is 0 Å². The molecule has 0 spiro atoms. The highest BCUT2D eigenvalue weighted by molar-refractivity contribution is 6.06. The number of rotatable bonds is 4. The molecule has 0 aromatic heterocycles. The SMILES string of the molecule is Cc1ccc(C2=CC=CN3C2=CNC3(C)C2(C)NC=CO2)cc1C(=O)Nc1ccc(F)cc1.[HH]. The van der Waals surface area contributed by atoms with E-state index in [2.05, 4.69) is 27.8 Å². The summed E-state index contributed by atoms with van der Waals surface area (Å²) in [6, 6.07) is 11.6. The number of hydrogen-bond acceptors (Lipinski definition) is 5. The number of benzene rings is 2. The molecule has 2 atom stereocenters. The maximum absolute atomic E-state index is 13.2. The first kappa shape index (κ1) is 20.9. The van der Waals surface area contributed by atoms with Gasteiger partial charge >= 0.3 is 0 Å². The molecule has 170 valence electrons. The van der Waals surface area contributed by atoms with Crippen molar-refractivity contribution in [1.82, 2.24) is 15.5 Å². The smallest absolute Gasteiger partial charge is 0.255 e. The normalized spacial score (nSPS) is 24.9. The van der Waals surface area contributed by atoms with Gasteiger partial charge in [-0.25, -0.2) is 4.39 Å². The molecule has 2 aromatic carbocycles. The number of allylic oxidation sites excluding steroid dienone is 3. The average Bonchev–Trinajstić information content (AvgIpc) is 3.41. The lowest BCUT2D eigenvalue weighted by Crippen LogP contribution is -2.68. The van der Waals surface area contributed by atoms with Crippen LogP contribution in [-0.2, 0) is 4.74 Å². The first-order chi connectivity index (χ1) is 15.8. The number of anilines is 1. The van der Waals surface area contributed by atoms with E-state index in [-0.39, 0.29) is 13.2 Å². The Kier molecular flexibility index (Phi) is 4.78. The number of nitrogens with zero attached hydrogens (tertiary/aromatic N) is 1. The molecule has 33 heavy (non-hydrogen) atoms. The first-order valence-electron chi connectivity index (χ1n) is 10.8. The van der Waals surface area contributed by atoms with E-state index in [9.17, 15) is 9.18 Å². The Hall–Kier alpha value is -4.00. The van der Waals surface area contributed by atoms with Crippen molar-refractivity contribution in [2.45, 2.75) is 32.2 Å². The van der Waals surface area contributed by atoms with Gasteiger partial charge in [-0.15, -0.1) is 0 Å². The number of fused-ring (bicyclic) bond motifs is 1.